The first-order chi connectivity index (χ1) is 11.1. The van der Waals surface area contributed by atoms with E-state index in [1.165, 1.54) is 9.60 Å². The van der Waals surface area contributed by atoms with Gasteiger partial charge in [-0.3, -0.25) is 4.79 Å². The number of hydrogen-bond acceptors (Lipinski definition) is 4. The standard InChI is InChI=1S/C17H20N2O3S/c20-16(19-11-5-7-13(19)17(21)22)10-4-3-9-15-18-12-6-1-2-8-14(12)23-15/h1-2,6,8,13H,3-5,7,9-11H2,(H,21,22)/t13-/m0/s1. The van der Waals surface area contributed by atoms with E-state index < -0.39 is 12.0 Å². The summed E-state index contributed by atoms with van der Waals surface area (Å²) in [4.78, 5) is 29.4. The topological polar surface area (TPSA) is 70.5 Å². The molecule has 1 aromatic carbocycles. The highest BCUT2D eigenvalue weighted by atomic mass is 32.1. The van der Waals surface area contributed by atoms with Gasteiger partial charge in [0.1, 0.15) is 6.04 Å². The fourth-order valence-corrected chi connectivity index (χ4v) is 4.05. The minimum absolute atomic E-state index is 0.0285. The lowest BCUT2D eigenvalue weighted by molar-refractivity contribution is -0.148. The molecule has 1 aliphatic heterocycles. The number of thiazole rings is 1. The number of carboxylic acids is 1. The minimum Gasteiger partial charge on any atom is -0.480 e. The maximum absolute atomic E-state index is 12.2. The summed E-state index contributed by atoms with van der Waals surface area (Å²) >= 11 is 1.70. The van der Waals surface area contributed by atoms with Gasteiger partial charge in [0.25, 0.3) is 0 Å². The Labute approximate surface area is 138 Å². The first-order valence-electron chi connectivity index (χ1n) is 8.02. The van der Waals surface area contributed by atoms with Crippen LogP contribution in [0.3, 0.4) is 0 Å². The van der Waals surface area contributed by atoms with E-state index in [1.54, 1.807) is 11.3 Å². The SMILES string of the molecule is O=C(O)[C@@H]1CCCN1C(=O)CCCCc1nc2ccccc2s1. The molecule has 1 aromatic heterocycles. The minimum atomic E-state index is -0.884. The molecule has 0 unspecified atom stereocenters. The summed E-state index contributed by atoms with van der Waals surface area (Å²) in [7, 11) is 0. The van der Waals surface area contributed by atoms with Crippen molar-refractivity contribution >= 4 is 33.4 Å². The van der Waals surface area contributed by atoms with Crippen LogP contribution in [0.2, 0.25) is 0 Å². The molecule has 122 valence electrons. The second kappa shape index (κ2) is 7.08. The van der Waals surface area contributed by atoms with E-state index in [9.17, 15) is 9.59 Å². The quantitative estimate of drug-likeness (QED) is 0.825. The van der Waals surface area contributed by atoms with Gasteiger partial charge >= 0.3 is 5.97 Å². The summed E-state index contributed by atoms with van der Waals surface area (Å²) in [6.45, 7) is 0.577. The highest BCUT2D eigenvalue weighted by molar-refractivity contribution is 7.18. The summed E-state index contributed by atoms with van der Waals surface area (Å²) in [6.07, 6.45) is 4.33. The number of fused-ring (bicyclic) bond motifs is 1. The molecule has 23 heavy (non-hydrogen) atoms. The second-order valence-corrected chi connectivity index (χ2v) is 6.98. The number of aliphatic carboxylic acids is 1. The van der Waals surface area contributed by atoms with Crippen LogP contribution in [0.4, 0.5) is 0 Å². The number of rotatable bonds is 6. The van der Waals surface area contributed by atoms with Crippen LogP contribution in [0.1, 0.15) is 37.1 Å². The molecule has 5 nitrogen and oxygen atoms in total. The van der Waals surface area contributed by atoms with Gasteiger partial charge in [0.05, 0.1) is 15.2 Å². The van der Waals surface area contributed by atoms with Crippen LogP contribution >= 0.6 is 11.3 Å². The van der Waals surface area contributed by atoms with Crippen LogP contribution in [0, 0.1) is 0 Å². The number of amides is 1. The summed E-state index contributed by atoms with van der Waals surface area (Å²) in [5, 5.41) is 10.2. The molecule has 1 saturated heterocycles. The van der Waals surface area contributed by atoms with Gasteiger partial charge in [-0.2, -0.15) is 0 Å². The summed E-state index contributed by atoms with van der Waals surface area (Å²) in [5.74, 6) is -0.912. The Balaban J connectivity index is 1.46. The average molecular weight is 332 g/mol. The third kappa shape index (κ3) is 3.69. The van der Waals surface area contributed by atoms with Crippen LogP contribution in [-0.2, 0) is 16.0 Å². The number of carbonyl (C=O) groups excluding carboxylic acids is 1. The molecule has 1 N–H and O–H groups in total. The van der Waals surface area contributed by atoms with Crippen LogP contribution < -0.4 is 0 Å². The molecule has 1 atom stereocenters. The number of likely N-dealkylation sites (tertiary alicyclic amines) is 1. The van der Waals surface area contributed by atoms with Crippen LogP contribution in [0.5, 0.6) is 0 Å². The van der Waals surface area contributed by atoms with E-state index in [2.05, 4.69) is 11.1 Å². The van der Waals surface area contributed by atoms with E-state index >= 15 is 0 Å². The lowest BCUT2D eigenvalue weighted by Crippen LogP contribution is -2.40. The predicted molar refractivity (Wildman–Crippen MR) is 89.5 cm³/mol. The molecule has 2 aromatic rings. The molecule has 6 heteroatoms. The van der Waals surface area contributed by atoms with Gasteiger partial charge in [-0.15, -0.1) is 11.3 Å². The number of carbonyl (C=O) groups is 2. The number of para-hydroxylation sites is 1. The molecule has 0 aliphatic carbocycles. The molecule has 0 saturated carbocycles. The molecule has 0 radical (unpaired) electrons. The molecule has 3 rings (SSSR count). The number of aryl methyl sites for hydroxylation is 1. The number of aromatic nitrogens is 1. The zero-order chi connectivity index (χ0) is 16.2. The van der Waals surface area contributed by atoms with Gasteiger partial charge in [0.15, 0.2) is 0 Å². The highest BCUT2D eigenvalue weighted by Crippen LogP contribution is 2.23. The van der Waals surface area contributed by atoms with Crippen LogP contribution in [0.25, 0.3) is 10.2 Å². The van der Waals surface area contributed by atoms with E-state index in [4.69, 9.17) is 5.11 Å². The lowest BCUT2D eigenvalue weighted by Gasteiger charge is -2.21. The monoisotopic (exact) mass is 332 g/mol. The van der Waals surface area contributed by atoms with Crippen molar-refractivity contribution in [3.63, 3.8) is 0 Å². The molecular weight excluding hydrogens is 312 g/mol. The summed E-state index contributed by atoms with van der Waals surface area (Å²) in [5.41, 5.74) is 1.03. The Hall–Kier alpha value is -1.95. The van der Waals surface area contributed by atoms with Crippen molar-refractivity contribution in [2.45, 2.75) is 44.6 Å². The molecule has 0 bridgehead atoms. The number of nitrogens with zero attached hydrogens (tertiary/aromatic N) is 2. The van der Waals surface area contributed by atoms with Crippen molar-refractivity contribution in [2.24, 2.45) is 0 Å². The van der Waals surface area contributed by atoms with Gasteiger partial charge in [0, 0.05) is 13.0 Å². The van der Waals surface area contributed by atoms with E-state index in [-0.39, 0.29) is 5.91 Å². The highest BCUT2D eigenvalue weighted by Gasteiger charge is 2.33. The fourth-order valence-electron chi connectivity index (χ4n) is 3.04. The summed E-state index contributed by atoms with van der Waals surface area (Å²) in [6, 6.07) is 7.46. The lowest BCUT2D eigenvalue weighted by atomic mass is 10.1. The molecule has 1 aliphatic rings. The van der Waals surface area contributed by atoms with Gasteiger partial charge < -0.3 is 10.0 Å². The smallest absolute Gasteiger partial charge is 0.326 e. The third-order valence-electron chi connectivity index (χ3n) is 4.23. The molecule has 2 heterocycles. The van der Waals surface area contributed by atoms with Crippen molar-refractivity contribution in [2.75, 3.05) is 6.54 Å². The summed E-state index contributed by atoms with van der Waals surface area (Å²) < 4.78 is 1.19. The van der Waals surface area contributed by atoms with Crippen molar-refractivity contribution < 1.29 is 14.7 Å². The van der Waals surface area contributed by atoms with Crippen LogP contribution in [-0.4, -0.2) is 39.5 Å². The van der Waals surface area contributed by atoms with Crippen LogP contribution in [0.15, 0.2) is 24.3 Å². The number of benzene rings is 1. The largest absolute Gasteiger partial charge is 0.480 e. The van der Waals surface area contributed by atoms with Crippen molar-refractivity contribution in [3.05, 3.63) is 29.3 Å². The number of carboxylic acid groups (broad SMARTS) is 1. The fraction of sp³-hybridized carbons (Fsp3) is 0.471. The third-order valence-corrected chi connectivity index (χ3v) is 5.32. The Kier molecular flexibility index (Phi) is 4.91. The second-order valence-electron chi connectivity index (χ2n) is 5.87. The average Bonchev–Trinajstić information content (AvgIpc) is 3.17. The molecule has 1 amide bonds. The first kappa shape index (κ1) is 15.9. The Morgan fingerprint density at radius 1 is 1.30 bits per heavy atom. The Morgan fingerprint density at radius 2 is 2.13 bits per heavy atom. The molecule has 0 spiro atoms. The van der Waals surface area contributed by atoms with Gasteiger partial charge in [0.2, 0.25) is 5.91 Å². The Morgan fingerprint density at radius 3 is 2.91 bits per heavy atom. The van der Waals surface area contributed by atoms with Crippen molar-refractivity contribution in [1.82, 2.24) is 9.88 Å². The normalized spacial score (nSPS) is 17.7. The Bertz CT molecular complexity index is 680. The first-order valence-corrected chi connectivity index (χ1v) is 8.83. The van der Waals surface area contributed by atoms with Gasteiger partial charge in [-0.1, -0.05) is 12.1 Å². The maximum Gasteiger partial charge on any atom is 0.326 e. The zero-order valence-electron chi connectivity index (χ0n) is 12.9. The maximum atomic E-state index is 12.2. The number of hydrogen-bond donors (Lipinski definition) is 1. The van der Waals surface area contributed by atoms with Gasteiger partial charge in [-0.05, 0) is 44.2 Å². The zero-order valence-corrected chi connectivity index (χ0v) is 13.7. The van der Waals surface area contributed by atoms with E-state index in [0.717, 1.165) is 36.2 Å². The van der Waals surface area contributed by atoms with E-state index in [0.29, 0.717) is 19.4 Å². The van der Waals surface area contributed by atoms with E-state index in [1.807, 2.05) is 18.2 Å². The van der Waals surface area contributed by atoms with Crippen molar-refractivity contribution in [3.8, 4) is 0 Å². The van der Waals surface area contributed by atoms with Gasteiger partial charge in [-0.25, -0.2) is 9.78 Å². The molecule has 1 fully saturated rings. The number of unbranched alkanes of at least 4 members (excludes halogenated alkanes) is 1. The predicted octanol–water partition coefficient (Wildman–Crippen LogP) is 3.08. The molecular formula is C17H20N2O3S. The van der Waals surface area contributed by atoms with Crippen molar-refractivity contribution in [1.29, 1.82) is 0 Å².